The highest BCUT2D eigenvalue weighted by atomic mass is 19.3. The molecule has 134 valence electrons. The maximum Gasteiger partial charge on any atom is 0.387 e. The van der Waals surface area contributed by atoms with Gasteiger partial charge < -0.3 is 14.6 Å². The zero-order valence-corrected chi connectivity index (χ0v) is 14.0. The lowest BCUT2D eigenvalue weighted by Crippen LogP contribution is -2.24. The van der Waals surface area contributed by atoms with Gasteiger partial charge in [0.05, 0.1) is 11.3 Å². The zero-order valence-electron chi connectivity index (χ0n) is 14.0. The number of aryl methyl sites for hydroxylation is 1. The normalized spacial score (nSPS) is 10.8. The summed E-state index contributed by atoms with van der Waals surface area (Å²) in [7, 11) is 0. The average Bonchev–Trinajstić information content (AvgIpc) is 3.05. The summed E-state index contributed by atoms with van der Waals surface area (Å²) in [5.41, 5.74) is 1.82. The predicted molar refractivity (Wildman–Crippen MR) is 92.5 cm³/mol. The Morgan fingerprint density at radius 1 is 1.19 bits per heavy atom. The molecular formula is C19H17F2N3O2. The van der Waals surface area contributed by atoms with Gasteiger partial charge in [-0.15, -0.1) is 0 Å². The average molecular weight is 357 g/mol. The minimum Gasteiger partial charge on any atom is -0.434 e. The standard InChI is InChI=1S/C19H17F2N3O2/c1-13-22-10-11-24(13)16-8-4-2-6-14(16)12-23-18(25)15-7-3-5-9-17(15)26-19(20)21/h2-11,19H,12H2,1H3,(H,23,25). The number of rotatable bonds is 6. The van der Waals surface area contributed by atoms with Gasteiger partial charge in [-0.1, -0.05) is 30.3 Å². The van der Waals surface area contributed by atoms with Gasteiger partial charge in [0.1, 0.15) is 11.6 Å². The third-order valence-corrected chi connectivity index (χ3v) is 3.86. The van der Waals surface area contributed by atoms with E-state index in [2.05, 4.69) is 15.0 Å². The van der Waals surface area contributed by atoms with Crippen LogP contribution >= 0.6 is 0 Å². The van der Waals surface area contributed by atoms with Gasteiger partial charge in [0, 0.05) is 18.9 Å². The van der Waals surface area contributed by atoms with Gasteiger partial charge in [0.25, 0.3) is 5.91 Å². The van der Waals surface area contributed by atoms with Crippen molar-refractivity contribution in [2.45, 2.75) is 20.1 Å². The van der Waals surface area contributed by atoms with E-state index < -0.39 is 12.5 Å². The highest BCUT2D eigenvalue weighted by molar-refractivity contribution is 5.96. The minimum absolute atomic E-state index is 0.0593. The fourth-order valence-electron chi connectivity index (χ4n) is 2.65. The molecule has 0 aliphatic rings. The Hall–Kier alpha value is -3.22. The van der Waals surface area contributed by atoms with Crippen LogP contribution in [-0.2, 0) is 6.54 Å². The van der Waals surface area contributed by atoms with E-state index in [1.165, 1.54) is 18.2 Å². The monoisotopic (exact) mass is 357 g/mol. The Morgan fingerprint density at radius 3 is 2.65 bits per heavy atom. The van der Waals surface area contributed by atoms with Crippen LogP contribution in [0.2, 0.25) is 0 Å². The molecule has 0 bridgehead atoms. The lowest BCUT2D eigenvalue weighted by Gasteiger charge is -2.14. The summed E-state index contributed by atoms with van der Waals surface area (Å²) in [4.78, 5) is 16.6. The van der Waals surface area contributed by atoms with Gasteiger partial charge in [-0.3, -0.25) is 4.79 Å². The highest BCUT2D eigenvalue weighted by Crippen LogP contribution is 2.21. The van der Waals surface area contributed by atoms with E-state index in [9.17, 15) is 13.6 Å². The Morgan fingerprint density at radius 2 is 1.92 bits per heavy atom. The smallest absolute Gasteiger partial charge is 0.387 e. The number of ether oxygens (including phenoxy) is 1. The van der Waals surface area contributed by atoms with Crippen LogP contribution in [0, 0.1) is 6.92 Å². The molecule has 0 saturated carbocycles. The van der Waals surface area contributed by atoms with Crippen LogP contribution in [0.15, 0.2) is 60.9 Å². The Labute approximate surface area is 149 Å². The number of amides is 1. The van der Waals surface area contributed by atoms with Crippen molar-refractivity contribution in [2.24, 2.45) is 0 Å². The number of alkyl halides is 2. The largest absolute Gasteiger partial charge is 0.434 e. The molecular weight excluding hydrogens is 340 g/mol. The van der Waals surface area contributed by atoms with Crippen LogP contribution in [0.3, 0.4) is 0 Å². The summed E-state index contributed by atoms with van der Waals surface area (Å²) < 4.78 is 31.3. The molecule has 7 heteroatoms. The summed E-state index contributed by atoms with van der Waals surface area (Å²) in [6, 6.07) is 13.5. The molecule has 0 radical (unpaired) electrons. The zero-order chi connectivity index (χ0) is 18.5. The summed E-state index contributed by atoms with van der Waals surface area (Å²) in [6.07, 6.45) is 3.53. The molecule has 5 nitrogen and oxygen atoms in total. The van der Waals surface area contributed by atoms with Crippen molar-refractivity contribution in [3.8, 4) is 11.4 Å². The number of nitrogens with zero attached hydrogens (tertiary/aromatic N) is 2. The maximum absolute atomic E-state index is 12.5. The van der Waals surface area contributed by atoms with Gasteiger partial charge in [0.15, 0.2) is 0 Å². The number of nitrogens with one attached hydrogen (secondary N) is 1. The highest BCUT2D eigenvalue weighted by Gasteiger charge is 2.15. The number of carbonyl (C=O) groups excluding carboxylic acids is 1. The third-order valence-electron chi connectivity index (χ3n) is 3.86. The molecule has 1 N–H and O–H groups in total. The van der Waals surface area contributed by atoms with Crippen LogP contribution in [0.1, 0.15) is 21.7 Å². The van der Waals surface area contributed by atoms with Crippen LogP contribution in [0.5, 0.6) is 5.75 Å². The second-order valence-electron chi connectivity index (χ2n) is 5.53. The Balaban J connectivity index is 1.79. The van der Waals surface area contributed by atoms with Gasteiger partial charge in [-0.05, 0) is 30.7 Å². The van der Waals surface area contributed by atoms with Crippen molar-refractivity contribution in [3.63, 3.8) is 0 Å². The number of carbonyl (C=O) groups is 1. The topological polar surface area (TPSA) is 56.2 Å². The SMILES string of the molecule is Cc1nccn1-c1ccccc1CNC(=O)c1ccccc1OC(F)F. The second kappa shape index (κ2) is 7.77. The summed E-state index contributed by atoms with van der Waals surface area (Å²) in [5.74, 6) is 0.177. The van der Waals surface area contributed by atoms with Gasteiger partial charge in [-0.2, -0.15) is 8.78 Å². The van der Waals surface area contributed by atoms with E-state index in [1.54, 1.807) is 12.3 Å². The fourth-order valence-corrected chi connectivity index (χ4v) is 2.65. The molecule has 3 rings (SSSR count). The van der Waals surface area contributed by atoms with Crippen LogP contribution < -0.4 is 10.1 Å². The van der Waals surface area contributed by atoms with Crippen LogP contribution in [0.4, 0.5) is 8.78 Å². The van der Waals surface area contributed by atoms with Crippen molar-refractivity contribution in [3.05, 3.63) is 77.9 Å². The van der Waals surface area contributed by atoms with E-state index in [1.807, 2.05) is 42.0 Å². The van der Waals surface area contributed by atoms with E-state index in [-0.39, 0.29) is 17.9 Å². The molecule has 2 aromatic carbocycles. The number of benzene rings is 2. The van der Waals surface area contributed by atoms with Crippen molar-refractivity contribution < 1.29 is 18.3 Å². The summed E-state index contributed by atoms with van der Waals surface area (Å²) in [5, 5.41) is 2.75. The molecule has 0 saturated heterocycles. The molecule has 0 aliphatic carbocycles. The number of hydrogen-bond acceptors (Lipinski definition) is 3. The minimum atomic E-state index is -2.99. The molecule has 26 heavy (non-hydrogen) atoms. The molecule has 0 aliphatic heterocycles. The molecule has 0 fully saturated rings. The first-order valence-corrected chi connectivity index (χ1v) is 7.96. The second-order valence-corrected chi connectivity index (χ2v) is 5.53. The number of aromatic nitrogens is 2. The van der Waals surface area contributed by atoms with E-state index >= 15 is 0 Å². The lowest BCUT2D eigenvalue weighted by molar-refractivity contribution is -0.0501. The number of hydrogen-bond donors (Lipinski definition) is 1. The van der Waals surface area contributed by atoms with E-state index in [0.717, 1.165) is 17.1 Å². The van der Waals surface area contributed by atoms with Crippen LogP contribution in [0.25, 0.3) is 5.69 Å². The van der Waals surface area contributed by atoms with Gasteiger partial charge in [-0.25, -0.2) is 4.98 Å². The molecule has 3 aromatic rings. The molecule has 1 amide bonds. The molecule has 0 unspecified atom stereocenters. The quantitative estimate of drug-likeness (QED) is 0.732. The number of para-hydroxylation sites is 2. The van der Waals surface area contributed by atoms with Crippen LogP contribution in [-0.4, -0.2) is 22.1 Å². The van der Waals surface area contributed by atoms with Crippen molar-refractivity contribution in [2.75, 3.05) is 0 Å². The summed E-state index contributed by atoms with van der Waals surface area (Å²) >= 11 is 0. The third kappa shape index (κ3) is 3.88. The number of imidazole rings is 1. The Bertz CT molecular complexity index is 909. The van der Waals surface area contributed by atoms with Gasteiger partial charge >= 0.3 is 6.61 Å². The van der Waals surface area contributed by atoms with Crippen molar-refractivity contribution in [1.29, 1.82) is 0 Å². The van der Waals surface area contributed by atoms with E-state index in [0.29, 0.717) is 0 Å². The van der Waals surface area contributed by atoms with Gasteiger partial charge in [0.2, 0.25) is 0 Å². The Kier molecular flexibility index (Phi) is 5.26. The first kappa shape index (κ1) is 17.6. The number of halogens is 2. The summed E-state index contributed by atoms with van der Waals surface area (Å²) in [6.45, 7) is -0.878. The first-order chi connectivity index (χ1) is 12.6. The van der Waals surface area contributed by atoms with E-state index in [4.69, 9.17) is 0 Å². The molecule has 0 spiro atoms. The van der Waals surface area contributed by atoms with Crippen molar-refractivity contribution >= 4 is 5.91 Å². The first-order valence-electron chi connectivity index (χ1n) is 7.96. The molecule has 1 aromatic heterocycles. The molecule has 0 atom stereocenters. The fraction of sp³-hybridized carbons (Fsp3) is 0.158. The molecule has 1 heterocycles. The maximum atomic E-state index is 12.5. The van der Waals surface area contributed by atoms with Crippen molar-refractivity contribution in [1.82, 2.24) is 14.9 Å². The lowest BCUT2D eigenvalue weighted by atomic mass is 10.1. The predicted octanol–water partition coefficient (Wildman–Crippen LogP) is 3.71.